The first-order chi connectivity index (χ1) is 3.93. The molecule has 2 heteroatoms. The van der Waals surface area contributed by atoms with Gasteiger partial charge in [0.05, 0.1) is 0 Å². The molecule has 42 valence electrons. The van der Waals surface area contributed by atoms with Gasteiger partial charge in [-0.3, -0.25) is 10.7 Å². The molecule has 0 aromatic rings. The van der Waals surface area contributed by atoms with E-state index in [0.717, 1.165) is 5.57 Å². The fourth-order valence-corrected chi connectivity index (χ4v) is 0.560. The van der Waals surface area contributed by atoms with Crippen LogP contribution in [0.15, 0.2) is 36.1 Å². The first kappa shape index (κ1) is 5.12. The maximum Gasteiger partial charge on any atom is 0.0312 e. The van der Waals surface area contributed by atoms with E-state index in [0.29, 0.717) is 0 Å². The van der Waals surface area contributed by atoms with Crippen LogP contribution in [0, 0.1) is 0 Å². The molecule has 1 aliphatic rings. The summed E-state index contributed by atoms with van der Waals surface area (Å²) in [5.41, 5.74) is 2.92. The van der Waals surface area contributed by atoms with Gasteiger partial charge < -0.3 is 0 Å². The average molecular weight is 109 g/mol. The van der Waals surface area contributed by atoms with E-state index < -0.39 is 0 Å². The lowest BCUT2D eigenvalue weighted by atomic mass is 10.3. The zero-order chi connectivity index (χ0) is 5.82. The summed E-state index contributed by atoms with van der Waals surface area (Å²) in [7, 11) is 0. The van der Waals surface area contributed by atoms with Crippen molar-refractivity contribution in [3.05, 3.63) is 36.1 Å². The van der Waals surface area contributed by atoms with E-state index in [1.54, 1.807) is 0 Å². The van der Waals surface area contributed by atoms with Crippen LogP contribution in [0.1, 0.15) is 0 Å². The molecule has 2 N–H and O–H groups in total. The highest BCUT2D eigenvalue weighted by atomic mass is 16.5. The molecule has 0 atom stereocenters. The minimum atomic E-state index is 0.979. The van der Waals surface area contributed by atoms with Gasteiger partial charge in [0.1, 0.15) is 0 Å². The van der Waals surface area contributed by atoms with Crippen LogP contribution in [0.3, 0.4) is 0 Å². The summed E-state index contributed by atoms with van der Waals surface area (Å²) in [5, 5.41) is 8.13. The Bertz CT molecular complexity index is 142. The van der Waals surface area contributed by atoms with E-state index in [1.165, 1.54) is 6.20 Å². The molecule has 0 aliphatic heterocycles. The van der Waals surface area contributed by atoms with Crippen LogP contribution in [-0.4, -0.2) is 5.21 Å². The van der Waals surface area contributed by atoms with Crippen LogP contribution < -0.4 is 5.48 Å². The second-order valence-electron chi connectivity index (χ2n) is 1.49. The van der Waals surface area contributed by atoms with Crippen LogP contribution in [0.4, 0.5) is 0 Å². The predicted octanol–water partition coefficient (Wildman–Crippen LogP) is 0.975. The topological polar surface area (TPSA) is 32.3 Å². The van der Waals surface area contributed by atoms with E-state index in [1.807, 2.05) is 29.8 Å². The highest BCUT2D eigenvalue weighted by Gasteiger charge is 1.86. The standard InChI is InChI=1S/C6H7NO/c8-7-5-6-3-1-2-4-6/h1-5,7-8H. The van der Waals surface area contributed by atoms with Gasteiger partial charge >= 0.3 is 0 Å². The summed E-state index contributed by atoms with van der Waals surface area (Å²) in [6, 6.07) is 0. The molecule has 0 spiro atoms. The fraction of sp³-hybridized carbons (Fsp3) is 0. The van der Waals surface area contributed by atoms with Crippen molar-refractivity contribution in [3.63, 3.8) is 0 Å². The Morgan fingerprint density at radius 3 is 2.50 bits per heavy atom. The molecule has 2 nitrogen and oxygen atoms in total. The van der Waals surface area contributed by atoms with Crippen LogP contribution >= 0.6 is 0 Å². The van der Waals surface area contributed by atoms with Crippen molar-refractivity contribution in [3.8, 4) is 0 Å². The summed E-state index contributed by atoms with van der Waals surface area (Å²) < 4.78 is 0. The summed E-state index contributed by atoms with van der Waals surface area (Å²) in [6.45, 7) is 0. The van der Waals surface area contributed by atoms with Crippen LogP contribution in [-0.2, 0) is 0 Å². The normalized spacial score (nSPS) is 14.9. The zero-order valence-corrected chi connectivity index (χ0v) is 4.33. The first-order valence-electron chi connectivity index (χ1n) is 2.38. The molecule has 0 aromatic heterocycles. The summed E-state index contributed by atoms with van der Waals surface area (Å²) in [5.74, 6) is 0. The quantitative estimate of drug-likeness (QED) is 0.492. The van der Waals surface area contributed by atoms with Gasteiger partial charge in [-0.05, 0) is 5.57 Å². The van der Waals surface area contributed by atoms with Gasteiger partial charge in [0.25, 0.3) is 0 Å². The van der Waals surface area contributed by atoms with Crippen molar-refractivity contribution in [2.75, 3.05) is 0 Å². The van der Waals surface area contributed by atoms with Crippen molar-refractivity contribution >= 4 is 0 Å². The van der Waals surface area contributed by atoms with Crippen molar-refractivity contribution in [2.24, 2.45) is 0 Å². The molecule has 0 saturated heterocycles. The number of hydrogen-bond acceptors (Lipinski definition) is 2. The van der Waals surface area contributed by atoms with Gasteiger partial charge in [0, 0.05) is 6.20 Å². The van der Waals surface area contributed by atoms with E-state index in [4.69, 9.17) is 5.21 Å². The maximum absolute atomic E-state index is 8.13. The second kappa shape index (κ2) is 2.33. The number of nitrogens with one attached hydrogen (secondary N) is 1. The van der Waals surface area contributed by atoms with Crippen molar-refractivity contribution in [2.45, 2.75) is 0 Å². The molecular formula is C6H7NO. The Balaban J connectivity index is 2.60. The Morgan fingerprint density at radius 1 is 1.38 bits per heavy atom. The monoisotopic (exact) mass is 109 g/mol. The number of rotatable bonds is 1. The summed E-state index contributed by atoms with van der Waals surface area (Å²) in [4.78, 5) is 0. The smallest absolute Gasteiger partial charge is 0.0312 e. The predicted molar refractivity (Wildman–Crippen MR) is 31.3 cm³/mol. The zero-order valence-electron chi connectivity index (χ0n) is 4.33. The maximum atomic E-state index is 8.13. The molecule has 0 fully saturated rings. The molecule has 0 radical (unpaired) electrons. The largest absolute Gasteiger partial charge is 0.292 e. The highest BCUT2D eigenvalue weighted by Crippen LogP contribution is 2.04. The van der Waals surface area contributed by atoms with E-state index >= 15 is 0 Å². The van der Waals surface area contributed by atoms with Crippen molar-refractivity contribution in [1.82, 2.24) is 5.48 Å². The fourth-order valence-electron chi connectivity index (χ4n) is 0.560. The first-order valence-corrected chi connectivity index (χ1v) is 2.38. The van der Waals surface area contributed by atoms with Gasteiger partial charge in [0.15, 0.2) is 0 Å². The van der Waals surface area contributed by atoms with Crippen molar-refractivity contribution in [1.29, 1.82) is 0 Å². The Labute approximate surface area is 47.8 Å². The Morgan fingerprint density at radius 2 is 2.00 bits per heavy atom. The molecule has 8 heavy (non-hydrogen) atoms. The molecule has 0 unspecified atom stereocenters. The molecule has 0 heterocycles. The van der Waals surface area contributed by atoms with Crippen LogP contribution in [0.5, 0.6) is 0 Å². The van der Waals surface area contributed by atoms with Gasteiger partial charge in [0.2, 0.25) is 0 Å². The lowest BCUT2D eigenvalue weighted by Crippen LogP contribution is -1.93. The Hall–Kier alpha value is -1.02. The minimum absolute atomic E-state index is 0.979. The summed E-state index contributed by atoms with van der Waals surface area (Å²) >= 11 is 0. The lowest BCUT2D eigenvalue weighted by Gasteiger charge is -1.85. The average Bonchev–Trinajstić information content (AvgIpc) is 2.19. The lowest BCUT2D eigenvalue weighted by molar-refractivity contribution is 0.214. The molecule has 1 rings (SSSR count). The van der Waals surface area contributed by atoms with Gasteiger partial charge in [-0.25, -0.2) is 0 Å². The van der Waals surface area contributed by atoms with Crippen molar-refractivity contribution < 1.29 is 5.21 Å². The highest BCUT2D eigenvalue weighted by molar-refractivity contribution is 5.39. The molecular weight excluding hydrogens is 102 g/mol. The molecule has 1 aliphatic carbocycles. The molecule has 0 saturated carbocycles. The minimum Gasteiger partial charge on any atom is -0.292 e. The number of allylic oxidation sites excluding steroid dienone is 5. The van der Waals surface area contributed by atoms with Crippen LogP contribution in [0.2, 0.25) is 0 Å². The molecule has 0 bridgehead atoms. The number of hydrogen-bond donors (Lipinski definition) is 2. The van der Waals surface area contributed by atoms with E-state index in [-0.39, 0.29) is 0 Å². The van der Waals surface area contributed by atoms with E-state index in [9.17, 15) is 0 Å². The summed E-state index contributed by atoms with van der Waals surface area (Å²) in [6.07, 6.45) is 9.11. The van der Waals surface area contributed by atoms with Crippen LogP contribution in [0.25, 0.3) is 0 Å². The third-order valence-electron chi connectivity index (χ3n) is 0.920. The Kier molecular flexibility index (Phi) is 1.49. The van der Waals surface area contributed by atoms with Gasteiger partial charge in [-0.2, -0.15) is 0 Å². The van der Waals surface area contributed by atoms with Gasteiger partial charge in [-0.1, -0.05) is 24.3 Å². The van der Waals surface area contributed by atoms with Gasteiger partial charge in [-0.15, -0.1) is 0 Å². The third-order valence-corrected chi connectivity index (χ3v) is 0.920. The third kappa shape index (κ3) is 0.978. The molecule has 0 aromatic carbocycles. The molecule has 0 amide bonds. The number of hydroxylamine groups is 1. The van der Waals surface area contributed by atoms with E-state index in [2.05, 4.69) is 0 Å². The SMILES string of the molecule is ONC=C1C=CC=C1. The second-order valence-corrected chi connectivity index (χ2v) is 1.49.